The smallest absolute Gasteiger partial charge is 0.0681 e. The van der Waals surface area contributed by atoms with Gasteiger partial charge in [-0.25, -0.2) is 0 Å². The second-order valence-electron chi connectivity index (χ2n) is 4.80. The molecule has 0 unspecified atom stereocenters. The number of hydrogen-bond donors (Lipinski definition) is 1. The molecule has 1 N–H and O–H groups in total. The molecule has 1 aliphatic heterocycles. The molecular weight excluding hydrogens is 198 g/mol. The zero-order valence-electron chi connectivity index (χ0n) is 10.0. The summed E-state index contributed by atoms with van der Waals surface area (Å²) in [6.45, 7) is 4.09. The number of hydrogen-bond acceptors (Lipinski definition) is 2. The normalized spacial score (nSPS) is 19.8. The third-order valence-corrected chi connectivity index (χ3v) is 3.53. The van der Waals surface area contributed by atoms with Crippen molar-refractivity contribution in [2.75, 3.05) is 18.0 Å². The van der Waals surface area contributed by atoms with E-state index < -0.39 is 5.60 Å². The third-order valence-electron chi connectivity index (χ3n) is 3.53. The van der Waals surface area contributed by atoms with Crippen molar-refractivity contribution in [3.05, 3.63) is 30.3 Å². The SMILES string of the molecule is CCCC1(O)CCN(c2ccccc2)CC1. The van der Waals surface area contributed by atoms with Crippen LogP contribution in [0, 0.1) is 0 Å². The van der Waals surface area contributed by atoms with Gasteiger partial charge in [0, 0.05) is 18.8 Å². The van der Waals surface area contributed by atoms with Crippen LogP contribution in [0.3, 0.4) is 0 Å². The lowest BCUT2D eigenvalue weighted by molar-refractivity contribution is 0.00740. The Bertz CT molecular complexity index is 315. The van der Waals surface area contributed by atoms with Crippen LogP contribution in [0.1, 0.15) is 32.6 Å². The highest BCUT2D eigenvalue weighted by atomic mass is 16.3. The summed E-state index contributed by atoms with van der Waals surface area (Å²) in [6.07, 6.45) is 3.81. The van der Waals surface area contributed by atoms with E-state index >= 15 is 0 Å². The lowest BCUT2D eigenvalue weighted by Gasteiger charge is -2.39. The maximum atomic E-state index is 10.3. The average molecular weight is 219 g/mol. The molecule has 1 aromatic carbocycles. The van der Waals surface area contributed by atoms with Crippen LogP contribution in [0.4, 0.5) is 5.69 Å². The van der Waals surface area contributed by atoms with Crippen molar-refractivity contribution >= 4 is 5.69 Å². The monoisotopic (exact) mass is 219 g/mol. The molecular formula is C14H21NO. The van der Waals surface area contributed by atoms with Gasteiger partial charge < -0.3 is 10.0 Å². The van der Waals surface area contributed by atoms with Crippen LogP contribution < -0.4 is 4.90 Å². The van der Waals surface area contributed by atoms with Gasteiger partial charge in [0.05, 0.1) is 5.60 Å². The zero-order valence-corrected chi connectivity index (χ0v) is 10.0. The predicted molar refractivity (Wildman–Crippen MR) is 67.7 cm³/mol. The molecule has 0 bridgehead atoms. The quantitative estimate of drug-likeness (QED) is 0.845. The number of nitrogens with zero attached hydrogens (tertiary/aromatic N) is 1. The van der Waals surface area contributed by atoms with E-state index in [0.29, 0.717) is 0 Å². The van der Waals surface area contributed by atoms with E-state index in [2.05, 4.69) is 36.1 Å². The minimum Gasteiger partial charge on any atom is -0.390 e. The Morgan fingerprint density at radius 2 is 1.81 bits per heavy atom. The highest BCUT2D eigenvalue weighted by Crippen LogP contribution is 2.29. The fraction of sp³-hybridized carbons (Fsp3) is 0.571. The van der Waals surface area contributed by atoms with Crippen LogP contribution in [0.5, 0.6) is 0 Å². The first kappa shape index (κ1) is 11.5. The third kappa shape index (κ3) is 2.56. The topological polar surface area (TPSA) is 23.5 Å². The highest BCUT2D eigenvalue weighted by Gasteiger charge is 2.31. The van der Waals surface area contributed by atoms with Crippen LogP contribution >= 0.6 is 0 Å². The van der Waals surface area contributed by atoms with Gasteiger partial charge in [0.2, 0.25) is 0 Å². The molecule has 1 fully saturated rings. The summed E-state index contributed by atoms with van der Waals surface area (Å²) < 4.78 is 0. The summed E-state index contributed by atoms with van der Waals surface area (Å²) in [4.78, 5) is 2.37. The Hall–Kier alpha value is -1.02. The zero-order chi connectivity index (χ0) is 11.4. The van der Waals surface area contributed by atoms with Crippen LogP contribution in [-0.4, -0.2) is 23.8 Å². The lowest BCUT2D eigenvalue weighted by atomic mass is 9.87. The maximum absolute atomic E-state index is 10.3. The van der Waals surface area contributed by atoms with E-state index in [1.807, 2.05) is 6.07 Å². The van der Waals surface area contributed by atoms with Crippen molar-refractivity contribution in [3.63, 3.8) is 0 Å². The summed E-state index contributed by atoms with van der Waals surface area (Å²) in [6, 6.07) is 10.5. The first-order chi connectivity index (χ1) is 7.73. The standard InChI is InChI=1S/C14H21NO/c1-2-8-14(16)9-11-15(12-10-14)13-6-4-3-5-7-13/h3-7,16H,2,8-12H2,1H3. The van der Waals surface area contributed by atoms with Crippen molar-refractivity contribution < 1.29 is 5.11 Å². The fourth-order valence-electron chi connectivity index (χ4n) is 2.54. The molecule has 0 amide bonds. The van der Waals surface area contributed by atoms with Crippen molar-refractivity contribution in [2.45, 2.75) is 38.2 Å². The van der Waals surface area contributed by atoms with E-state index in [1.54, 1.807) is 0 Å². The summed E-state index contributed by atoms with van der Waals surface area (Å²) in [7, 11) is 0. The van der Waals surface area contributed by atoms with Crippen molar-refractivity contribution in [1.82, 2.24) is 0 Å². The van der Waals surface area contributed by atoms with Crippen molar-refractivity contribution in [1.29, 1.82) is 0 Å². The van der Waals surface area contributed by atoms with Gasteiger partial charge in [-0.3, -0.25) is 0 Å². The summed E-state index contributed by atoms with van der Waals surface area (Å²) >= 11 is 0. The van der Waals surface area contributed by atoms with Crippen molar-refractivity contribution in [3.8, 4) is 0 Å². The second kappa shape index (κ2) is 4.88. The molecule has 1 saturated heterocycles. The molecule has 2 nitrogen and oxygen atoms in total. The molecule has 2 rings (SSSR count). The van der Waals surface area contributed by atoms with Crippen molar-refractivity contribution in [2.24, 2.45) is 0 Å². The summed E-state index contributed by atoms with van der Waals surface area (Å²) in [5.74, 6) is 0. The largest absolute Gasteiger partial charge is 0.390 e. The minimum absolute atomic E-state index is 0.403. The number of aliphatic hydroxyl groups is 1. The Morgan fingerprint density at radius 1 is 1.19 bits per heavy atom. The number of para-hydroxylation sites is 1. The molecule has 16 heavy (non-hydrogen) atoms. The average Bonchev–Trinajstić information content (AvgIpc) is 2.31. The predicted octanol–water partition coefficient (Wildman–Crippen LogP) is 2.82. The molecule has 0 aromatic heterocycles. The van der Waals surface area contributed by atoms with Gasteiger partial charge in [-0.15, -0.1) is 0 Å². The molecule has 1 heterocycles. The highest BCUT2D eigenvalue weighted by molar-refractivity contribution is 5.46. The van der Waals surface area contributed by atoms with Crippen LogP contribution in [0.25, 0.3) is 0 Å². The van der Waals surface area contributed by atoms with Crippen LogP contribution in [0.15, 0.2) is 30.3 Å². The van der Waals surface area contributed by atoms with Gasteiger partial charge in [-0.2, -0.15) is 0 Å². The van der Waals surface area contributed by atoms with Crippen LogP contribution in [0.2, 0.25) is 0 Å². The molecule has 2 heteroatoms. The van der Waals surface area contributed by atoms with Gasteiger partial charge in [0.25, 0.3) is 0 Å². The first-order valence-corrected chi connectivity index (χ1v) is 6.26. The minimum atomic E-state index is -0.403. The molecule has 88 valence electrons. The van der Waals surface area contributed by atoms with Gasteiger partial charge >= 0.3 is 0 Å². The fourth-order valence-corrected chi connectivity index (χ4v) is 2.54. The molecule has 1 aromatic rings. The number of benzene rings is 1. The Kier molecular flexibility index (Phi) is 3.49. The Balaban J connectivity index is 1.95. The molecule has 0 aliphatic carbocycles. The Morgan fingerprint density at radius 3 is 2.38 bits per heavy atom. The van der Waals surface area contributed by atoms with Gasteiger partial charge in [-0.05, 0) is 31.4 Å². The van der Waals surface area contributed by atoms with E-state index in [4.69, 9.17) is 0 Å². The first-order valence-electron chi connectivity index (χ1n) is 6.26. The van der Waals surface area contributed by atoms with E-state index in [1.165, 1.54) is 5.69 Å². The van der Waals surface area contributed by atoms with Gasteiger partial charge in [0.15, 0.2) is 0 Å². The summed E-state index contributed by atoms with van der Waals surface area (Å²) in [5.41, 5.74) is 0.876. The number of rotatable bonds is 3. The summed E-state index contributed by atoms with van der Waals surface area (Å²) in [5, 5.41) is 10.3. The number of anilines is 1. The van der Waals surface area contributed by atoms with E-state index in [9.17, 15) is 5.11 Å². The van der Waals surface area contributed by atoms with Gasteiger partial charge in [0.1, 0.15) is 0 Å². The molecule has 0 saturated carbocycles. The molecule has 1 aliphatic rings. The van der Waals surface area contributed by atoms with Gasteiger partial charge in [-0.1, -0.05) is 31.5 Å². The molecule has 0 atom stereocenters. The Labute approximate surface area is 97.9 Å². The van der Waals surface area contributed by atoms with E-state index in [0.717, 1.165) is 38.8 Å². The molecule has 0 radical (unpaired) electrons. The second-order valence-corrected chi connectivity index (χ2v) is 4.80. The molecule has 0 spiro atoms. The van der Waals surface area contributed by atoms with Crippen LogP contribution in [-0.2, 0) is 0 Å². The lowest BCUT2D eigenvalue weighted by Crippen LogP contribution is -2.44. The van der Waals surface area contributed by atoms with E-state index in [-0.39, 0.29) is 0 Å². The maximum Gasteiger partial charge on any atom is 0.0681 e. The number of piperidine rings is 1.